The Kier molecular flexibility index (Phi) is 8.65. The zero-order chi connectivity index (χ0) is 28.1. The number of imidazole rings is 1. The van der Waals surface area contributed by atoms with E-state index in [1.54, 1.807) is 6.20 Å². The van der Waals surface area contributed by atoms with E-state index >= 15 is 0 Å². The molecule has 12 heteroatoms. The van der Waals surface area contributed by atoms with E-state index in [4.69, 9.17) is 5.73 Å². The maximum Gasteiger partial charge on any atom is 0.326 e. The standard InChI is InChI=1S/C27H35N7O5/c1-15(2)23(28)26(37)34-9-5-8-22(34)25(36)32-20(10-16-12-30-19-7-4-3-6-18(16)19)24(35)33-21(27(38)39)11-17-13-29-14-31-17/h3-4,6-7,12-15,20-23,30H,5,8-11,28H2,1-2H3,(H,29,31)(H,32,36)(H,33,35)(H,38,39). The highest BCUT2D eigenvalue weighted by Crippen LogP contribution is 2.22. The second-order valence-electron chi connectivity index (χ2n) is 10.3. The lowest BCUT2D eigenvalue weighted by molar-refractivity contribution is -0.143. The molecule has 0 spiro atoms. The van der Waals surface area contributed by atoms with Gasteiger partial charge in [0.05, 0.1) is 12.4 Å². The second kappa shape index (κ2) is 12.1. The number of carboxylic acids is 1. The molecule has 1 saturated heterocycles. The number of aromatic nitrogens is 3. The molecule has 0 bridgehead atoms. The van der Waals surface area contributed by atoms with Crippen LogP contribution >= 0.6 is 0 Å². The van der Waals surface area contributed by atoms with Crippen molar-refractivity contribution in [2.75, 3.05) is 6.54 Å². The Morgan fingerprint density at radius 3 is 2.59 bits per heavy atom. The topological polar surface area (TPSA) is 186 Å². The lowest BCUT2D eigenvalue weighted by Crippen LogP contribution is -2.57. The van der Waals surface area contributed by atoms with Gasteiger partial charge in [0.15, 0.2) is 0 Å². The zero-order valence-electron chi connectivity index (χ0n) is 22.0. The van der Waals surface area contributed by atoms with Gasteiger partial charge in [0, 0.05) is 48.4 Å². The Balaban J connectivity index is 1.56. The number of hydrogen-bond donors (Lipinski definition) is 6. The molecule has 0 saturated carbocycles. The van der Waals surface area contributed by atoms with Crippen molar-refractivity contribution in [2.45, 2.75) is 63.7 Å². The van der Waals surface area contributed by atoms with Gasteiger partial charge in [-0.1, -0.05) is 32.0 Å². The number of fused-ring (bicyclic) bond motifs is 1. The van der Waals surface area contributed by atoms with Gasteiger partial charge in [-0.15, -0.1) is 0 Å². The minimum atomic E-state index is -1.24. The number of nitrogens with one attached hydrogen (secondary N) is 4. The number of para-hydroxylation sites is 1. The number of aliphatic carboxylic acids is 1. The van der Waals surface area contributed by atoms with E-state index in [2.05, 4.69) is 25.6 Å². The van der Waals surface area contributed by atoms with Gasteiger partial charge in [-0.05, 0) is 30.4 Å². The van der Waals surface area contributed by atoms with Crippen LogP contribution in [0.5, 0.6) is 0 Å². The number of carbonyl (C=O) groups excluding carboxylic acids is 3. The minimum absolute atomic E-state index is 0.00712. The summed E-state index contributed by atoms with van der Waals surface area (Å²) in [6.07, 6.45) is 5.87. The number of H-pyrrole nitrogens is 2. The summed E-state index contributed by atoms with van der Waals surface area (Å²) >= 11 is 0. The van der Waals surface area contributed by atoms with Crippen molar-refractivity contribution in [3.8, 4) is 0 Å². The number of rotatable bonds is 11. The normalized spacial score (nSPS) is 17.6. The van der Waals surface area contributed by atoms with E-state index < -0.39 is 42.0 Å². The van der Waals surface area contributed by atoms with Crippen LogP contribution in [0.1, 0.15) is 37.9 Å². The number of carbonyl (C=O) groups is 4. The molecule has 1 aliphatic heterocycles. The Morgan fingerprint density at radius 2 is 1.90 bits per heavy atom. The van der Waals surface area contributed by atoms with Crippen LogP contribution in [-0.2, 0) is 32.0 Å². The Labute approximate surface area is 225 Å². The van der Waals surface area contributed by atoms with Crippen LogP contribution in [0.25, 0.3) is 10.9 Å². The van der Waals surface area contributed by atoms with Gasteiger partial charge in [-0.25, -0.2) is 9.78 Å². The van der Waals surface area contributed by atoms with Gasteiger partial charge >= 0.3 is 5.97 Å². The van der Waals surface area contributed by atoms with E-state index in [0.29, 0.717) is 25.1 Å². The van der Waals surface area contributed by atoms with Crippen LogP contribution in [0, 0.1) is 5.92 Å². The molecule has 1 fully saturated rings. The first-order valence-corrected chi connectivity index (χ1v) is 13.1. The summed E-state index contributed by atoms with van der Waals surface area (Å²) in [7, 11) is 0. The van der Waals surface area contributed by atoms with Crippen molar-refractivity contribution >= 4 is 34.6 Å². The lowest BCUT2D eigenvalue weighted by atomic mass is 10.0. The Bertz CT molecular complexity index is 1320. The van der Waals surface area contributed by atoms with Gasteiger partial charge in [0.2, 0.25) is 17.7 Å². The van der Waals surface area contributed by atoms with Gasteiger partial charge in [-0.3, -0.25) is 14.4 Å². The van der Waals surface area contributed by atoms with E-state index in [0.717, 1.165) is 16.5 Å². The molecule has 39 heavy (non-hydrogen) atoms. The predicted molar refractivity (Wildman–Crippen MR) is 143 cm³/mol. The summed E-state index contributed by atoms with van der Waals surface area (Å²) in [4.78, 5) is 63.2. The molecule has 2 aromatic heterocycles. The van der Waals surface area contributed by atoms with Crippen LogP contribution < -0.4 is 16.4 Å². The molecule has 3 amide bonds. The third kappa shape index (κ3) is 6.45. The van der Waals surface area contributed by atoms with Crippen LogP contribution in [0.2, 0.25) is 0 Å². The molecular weight excluding hydrogens is 502 g/mol. The lowest BCUT2D eigenvalue weighted by Gasteiger charge is -2.29. The number of carboxylic acid groups (broad SMARTS) is 1. The third-order valence-electron chi connectivity index (χ3n) is 7.17. The van der Waals surface area contributed by atoms with Crippen LogP contribution in [-0.4, -0.2) is 79.4 Å². The zero-order valence-corrected chi connectivity index (χ0v) is 22.0. The van der Waals surface area contributed by atoms with E-state index in [1.165, 1.54) is 17.4 Å². The molecule has 1 aliphatic rings. The number of hydrogen-bond acceptors (Lipinski definition) is 6. The number of benzene rings is 1. The smallest absolute Gasteiger partial charge is 0.326 e. The maximum atomic E-state index is 13.5. The van der Waals surface area contributed by atoms with Crippen molar-refractivity contribution in [3.63, 3.8) is 0 Å². The van der Waals surface area contributed by atoms with Crippen molar-refractivity contribution in [2.24, 2.45) is 11.7 Å². The first-order chi connectivity index (χ1) is 18.7. The average Bonchev–Trinajstić information content (AvgIpc) is 3.68. The molecule has 1 aromatic carbocycles. The quantitative estimate of drug-likeness (QED) is 0.208. The Hall–Kier alpha value is -4.19. The number of amides is 3. The molecule has 0 aliphatic carbocycles. The predicted octanol–water partition coefficient (Wildman–Crippen LogP) is 0.705. The molecule has 12 nitrogen and oxygen atoms in total. The van der Waals surface area contributed by atoms with Gasteiger partial charge in [0.1, 0.15) is 18.1 Å². The van der Waals surface area contributed by atoms with Gasteiger partial charge < -0.3 is 36.3 Å². The summed E-state index contributed by atoms with van der Waals surface area (Å²) in [5.74, 6) is -2.73. The molecule has 4 unspecified atom stereocenters. The van der Waals surface area contributed by atoms with Crippen LogP contribution in [0.15, 0.2) is 43.0 Å². The van der Waals surface area contributed by atoms with Crippen LogP contribution in [0.3, 0.4) is 0 Å². The minimum Gasteiger partial charge on any atom is -0.480 e. The summed E-state index contributed by atoms with van der Waals surface area (Å²) < 4.78 is 0. The van der Waals surface area contributed by atoms with Gasteiger partial charge in [-0.2, -0.15) is 0 Å². The van der Waals surface area contributed by atoms with Crippen molar-refractivity contribution in [1.29, 1.82) is 0 Å². The molecule has 3 aromatic rings. The fraction of sp³-hybridized carbons (Fsp3) is 0.444. The highest BCUT2D eigenvalue weighted by atomic mass is 16.4. The fourth-order valence-corrected chi connectivity index (χ4v) is 4.87. The molecule has 4 rings (SSSR count). The maximum absolute atomic E-state index is 13.5. The average molecular weight is 538 g/mol. The third-order valence-corrected chi connectivity index (χ3v) is 7.17. The number of aromatic amines is 2. The highest BCUT2D eigenvalue weighted by molar-refractivity contribution is 5.95. The number of likely N-dealkylation sites (tertiary alicyclic amines) is 1. The van der Waals surface area contributed by atoms with Crippen LogP contribution in [0.4, 0.5) is 0 Å². The summed E-state index contributed by atoms with van der Waals surface area (Å²) in [6, 6.07) is 3.74. The highest BCUT2D eigenvalue weighted by Gasteiger charge is 2.38. The second-order valence-corrected chi connectivity index (χ2v) is 10.3. The largest absolute Gasteiger partial charge is 0.480 e. The summed E-state index contributed by atoms with van der Waals surface area (Å²) in [5.41, 5.74) is 8.28. The summed E-state index contributed by atoms with van der Waals surface area (Å²) in [5, 5.41) is 16.0. The molecule has 4 atom stereocenters. The molecule has 7 N–H and O–H groups in total. The van der Waals surface area contributed by atoms with Crippen molar-refractivity contribution in [1.82, 2.24) is 30.5 Å². The SMILES string of the molecule is CC(C)C(N)C(=O)N1CCCC1C(=O)NC(Cc1c[nH]c2ccccc12)C(=O)NC(Cc1cnc[nH]1)C(=O)O. The first kappa shape index (κ1) is 27.8. The number of nitrogens with two attached hydrogens (primary N) is 1. The first-order valence-electron chi connectivity index (χ1n) is 13.1. The van der Waals surface area contributed by atoms with Crippen molar-refractivity contribution < 1.29 is 24.3 Å². The van der Waals surface area contributed by atoms with Crippen molar-refractivity contribution in [3.05, 3.63) is 54.2 Å². The molecule has 3 heterocycles. The van der Waals surface area contributed by atoms with E-state index in [1.807, 2.05) is 38.1 Å². The summed E-state index contributed by atoms with van der Waals surface area (Å²) in [6.45, 7) is 4.09. The molecular formula is C27H35N7O5. The molecule has 208 valence electrons. The van der Waals surface area contributed by atoms with E-state index in [-0.39, 0.29) is 24.7 Å². The van der Waals surface area contributed by atoms with E-state index in [9.17, 15) is 24.3 Å². The Morgan fingerprint density at radius 1 is 1.13 bits per heavy atom. The van der Waals surface area contributed by atoms with Gasteiger partial charge in [0.25, 0.3) is 0 Å². The molecule has 0 radical (unpaired) electrons. The monoisotopic (exact) mass is 537 g/mol. The number of nitrogens with zero attached hydrogens (tertiary/aromatic N) is 2. The fourth-order valence-electron chi connectivity index (χ4n) is 4.87.